The van der Waals surface area contributed by atoms with Gasteiger partial charge in [-0.1, -0.05) is 31.9 Å². The number of rotatable bonds is 5. The monoisotopic (exact) mass is 668 g/mol. The molecule has 0 saturated heterocycles. The average Bonchev–Trinajstić information content (AvgIpc) is 3.67. The molecule has 41 heavy (non-hydrogen) atoms. The maximum Gasteiger partial charge on any atom is 0.264 e. The van der Waals surface area contributed by atoms with E-state index in [1.165, 1.54) is 13.3 Å². The van der Waals surface area contributed by atoms with Crippen LogP contribution in [0.25, 0.3) is 27.6 Å². The van der Waals surface area contributed by atoms with Crippen molar-refractivity contribution in [3.63, 3.8) is 0 Å². The quantitative estimate of drug-likeness (QED) is 0.105. The van der Waals surface area contributed by atoms with E-state index in [0.29, 0.717) is 27.6 Å². The number of halogens is 2. The summed E-state index contributed by atoms with van der Waals surface area (Å²) in [7, 11) is 1.51. The second kappa shape index (κ2) is 10.1. The van der Waals surface area contributed by atoms with E-state index in [1.54, 1.807) is 42.6 Å². The molecule has 5 aromatic rings. The molecule has 0 fully saturated rings. The van der Waals surface area contributed by atoms with Gasteiger partial charge in [0.2, 0.25) is 5.78 Å². The number of methoxy groups -OCH3 is 1. The molecule has 0 spiro atoms. The third-order valence-corrected chi connectivity index (χ3v) is 8.01. The number of fused-ring (bicyclic) bond motifs is 2. The van der Waals surface area contributed by atoms with E-state index in [4.69, 9.17) is 9.47 Å². The van der Waals surface area contributed by atoms with Crippen molar-refractivity contribution in [2.24, 2.45) is 0 Å². The molecule has 0 bridgehead atoms. The van der Waals surface area contributed by atoms with Crippen molar-refractivity contribution in [2.75, 3.05) is 7.11 Å². The van der Waals surface area contributed by atoms with Crippen LogP contribution < -0.4 is 4.74 Å². The highest BCUT2D eigenvalue weighted by Gasteiger charge is 2.50. The van der Waals surface area contributed by atoms with E-state index in [2.05, 4.69) is 47.9 Å². The summed E-state index contributed by atoms with van der Waals surface area (Å²) < 4.78 is 13.0. The summed E-state index contributed by atoms with van der Waals surface area (Å²) in [6, 6.07) is 21.4. The van der Waals surface area contributed by atoms with Crippen LogP contribution in [0.1, 0.15) is 21.5 Å². The predicted octanol–water partition coefficient (Wildman–Crippen LogP) is 7.00. The van der Waals surface area contributed by atoms with E-state index >= 15 is 0 Å². The van der Waals surface area contributed by atoms with Gasteiger partial charge in [0, 0.05) is 59.8 Å². The second-order valence-electron chi connectivity index (χ2n) is 9.27. The number of hydrogen-bond acceptors (Lipinski definition) is 6. The largest absolute Gasteiger partial charge is 0.497 e. The number of aliphatic hydroxyl groups is 1. The molecule has 8 nitrogen and oxygen atoms in total. The van der Waals surface area contributed by atoms with E-state index in [1.807, 2.05) is 30.3 Å². The number of ether oxygens (including phenoxy) is 2. The molecule has 1 atom stereocenters. The fraction of sp³-hybridized carbons (Fsp3) is 0.0645. The third-order valence-electron chi connectivity index (χ3n) is 7.02. The minimum Gasteiger partial charge on any atom is -0.497 e. The number of hydrogen-bond donors (Lipinski definition) is 3. The van der Waals surface area contributed by atoms with Crippen LogP contribution in [0.3, 0.4) is 0 Å². The van der Waals surface area contributed by atoms with Crippen LogP contribution in [0.2, 0.25) is 0 Å². The summed E-state index contributed by atoms with van der Waals surface area (Å²) in [6.45, 7) is 0. The summed E-state index contributed by atoms with van der Waals surface area (Å²) in [6.07, 6.45) is 3.17. The molecule has 1 unspecified atom stereocenters. The number of ketones is 1. The third kappa shape index (κ3) is 4.25. The van der Waals surface area contributed by atoms with Gasteiger partial charge in [-0.15, -0.1) is 0 Å². The van der Waals surface area contributed by atoms with Crippen LogP contribution in [0.4, 0.5) is 0 Å². The summed E-state index contributed by atoms with van der Waals surface area (Å²) >= 11 is 6.90. The lowest BCUT2D eigenvalue weighted by Crippen LogP contribution is -2.29. The second-order valence-corrected chi connectivity index (χ2v) is 11.1. The minimum absolute atomic E-state index is 0.0346. The number of nitrogens with one attached hydrogen (secondary N) is 2. The van der Waals surface area contributed by atoms with Crippen molar-refractivity contribution in [3.05, 3.63) is 115 Å². The molecule has 1 aliphatic rings. The number of aromatic amines is 2. The number of benzene rings is 3. The van der Waals surface area contributed by atoms with Crippen LogP contribution >= 0.6 is 31.9 Å². The standard InChI is InChI=1S/C31H18Br2N4O4/c1-40-19-6-2-16(3-7-19)31(39)28(22(12-34)29(38)24-14-36-26-8-4-17(32)10-20(24)26)23(13-35)30(41-31)25-15-37-27-9-5-18(33)11-21(25)27/h2-11,14-15,36-37,39H,1H3/b28-22+. The normalized spacial score (nSPS) is 17.8. The van der Waals surface area contributed by atoms with Crippen LogP contribution in [0, 0.1) is 22.7 Å². The molecule has 3 N–H and O–H groups in total. The Morgan fingerprint density at radius 1 is 0.951 bits per heavy atom. The maximum absolute atomic E-state index is 14.0. The first-order valence-corrected chi connectivity index (χ1v) is 13.8. The Hall–Kier alpha value is -4.61. The molecule has 2 aromatic heterocycles. The summed E-state index contributed by atoms with van der Waals surface area (Å²) in [5.74, 6) is -2.45. The van der Waals surface area contributed by atoms with Crippen molar-refractivity contribution >= 4 is 65.2 Å². The van der Waals surface area contributed by atoms with Gasteiger partial charge in [-0.25, -0.2) is 0 Å². The van der Waals surface area contributed by atoms with Crippen LogP contribution in [-0.4, -0.2) is 28.0 Å². The number of carbonyl (C=O) groups excluding carboxylic acids is 1. The van der Waals surface area contributed by atoms with Crippen molar-refractivity contribution in [3.8, 4) is 17.9 Å². The Morgan fingerprint density at radius 3 is 2.22 bits per heavy atom. The molecule has 0 saturated carbocycles. The Morgan fingerprint density at radius 2 is 1.59 bits per heavy atom. The van der Waals surface area contributed by atoms with Gasteiger partial charge in [0.05, 0.1) is 12.7 Å². The molecule has 0 amide bonds. The number of carbonyl (C=O) groups is 1. The van der Waals surface area contributed by atoms with Gasteiger partial charge < -0.3 is 24.5 Å². The number of Topliss-reactive ketones (excluding diaryl/α,β-unsaturated/α-hetero) is 1. The zero-order valence-electron chi connectivity index (χ0n) is 21.3. The Balaban J connectivity index is 1.64. The number of nitriles is 2. The molecule has 10 heteroatoms. The summed E-state index contributed by atoms with van der Waals surface area (Å²) in [5, 5.41) is 34.4. The number of allylic oxidation sites excluding steroid dienone is 1. The smallest absolute Gasteiger partial charge is 0.264 e. The molecular formula is C31H18Br2N4O4. The highest BCUT2D eigenvalue weighted by Crippen LogP contribution is 2.50. The van der Waals surface area contributed by atoms with Crippen molar-refractivity contribution in [1.82, 2.24) is 9.97 Å². The lowest BCUT2D eigenvalue weighted by Gasteiger charge is -2.26. The fourth-order valence-corrected chi connectivity index (χ4v) is 5.78. The van der Waals surface area contributed by atoms with E-state index in [0.717, 1.165) is 14.5 Å². The highest BCUT2D eigenvalue weighted by molar-refractivity contribution is 9.10. The molecule has 3 aromatic carbocycles. The van der Waals surface area contributed by atoms with E-state index in [9.17, 15) is 20.4 Å². The zero-order valence-corrected chi connectivity index (χ0v) is 24.4. The molecule has 1 aliphatic heterocycles. The van der Waals surface area contributed by atoms with Crippen LogP contribution in [0.5, 0.6) is 5.75 Å². The first kappa shape index (κ1) is 26.6. The first-order valence-electron chi connectivity index (χ1n) is 12.2. The highest BCUT2D eigenvalue weighted by atomic mass is 79.9. The van der Waals surface area contributed by atoms with E-state index in [-0.39, 0.29) is 28.0 Å². The fourth-order valence-electron chi connectivity index (χ4n) is 5.06. The Labute approximate surface area is 250 Å². The van der Waals surface area contributed by atoms with E-state index < -0.39 is 17.1 Å². The lowest BCUT2D eigenvalue weighted by molar-refractivity contribution is -0.120. The molecule has 200 valence electrons. The first-order chi connectivity index (χ1) is 19.8. The SMILES string of the molecule is COc1ccc(C2(O)OC(c3c[nH]c4ccc(Br)cc34)=C(C#N)/C2=C(/C#N)C(=O)c2c[nH]c3ccc(Br)cc23)cc1. The topological polar surface area (TPSA) is 135 Å². The number of nitrogens with zero attached hydrogens (tertiary/aromatic N) is 2. The van der Waals surface area contributed by atoms with Crippen molar-refractivity contribution in [1.29, 1.82) is 10.5 Å². The molecule has 0 radical (unpaired) electrons. The van der Waals surface area contributed by atoms with Gasteiger partial charge in [-0.3, -0.25) is 4.79 Å². The Kier molecular flexibility index (Phi) is 6.55. The molecule has 3 heterocycles. The molecule has 0 aliphatic carbocycles. The molecular weight excluding hydrogens is 652 g/mol. The zero-order chi connectivity index (χ0) is 28.9. The van der Waals surface area contributed by atoms with Gasteiger partial charge in [0.15, 0.2) is 5.76 Å². The van der Waals surface area contributed by atoms with Gasteiger partial charge in [-0.05, 0) is 60.7 Å². The minimum atomic E-state index is -2.34. The lowest BCUT2D eigenvalue weighted by atomic mass is 9.86. The van der Waals surface area contributed by atoms with Crippen LogP contribution in [-0.2, 0) is 10.5 Å². The van der Waals surface area contributed by atoms with Crippen molar-refractivity contribution < 1.29 is 19.4 Å². The maximum atomic E-state index is 14.0. The average molecular weight is 670 g/mol. The van der Waals surface area contributed by atoms with Gasteiger partial charge >= 0.3 is 0 Å². The summed E-state index contributed by atoms with van der Waals surface area (Å²) in [4.78, 5) is 20.2. The van der Waals surface area contributed by atoms with Crippen LogP contribution in [0.15, 0.2) is 98.7 Å². The number of aromatic nitrogens is 2. The number of H-pyrrole nitrogens is 2. The Bertz CT molecular complexity index is 2040. The van der Waals surface area contributed by atoms with Crippen molar-refractivity contribution in [2.45, 2.75) is 5.79 Å². The van der Waals surface area contributed by atoms with Gasteiger partial charge in [0.25, 0.3) is 5.79 Å². The molecule has 6 rings (SSSR count). The predicted molar refractivity (Wildman–Crippen MR) is 159 cm³/mol. The van der Waals surface area contributed by atoms with Gasteiger partial charge in [-0.2, -0.15) is 10.5 Å². The van der Waals surface area contributed by atoms with Gasteiger partial charge in [0.1, 0.15) is 29.0 Å². The summed E-state index contributed by atoms with van der Waals surface area (Å²) in [5.41, 5.74) is 1.58.